The van der Waals surface area contributed by atoms with E-state index in [2.05, 4.69) is 14.1 Å². The van der Waals surface area contributed by atoms with Crippen LogP contribution in [0, 0.1) is 0 Å². The van der Waals surface area contributed by atoms with E-state index in [4.69, 9.17) is 0 Å². The van der Waals surface area contributed by atoms with Crippen molar-refractivity contribution in [1.29, 1.82) is 0 Å². The van der Waals surface area contributed by atoms with Crippen LogP contribution in [0.15, 0.2) is 0 Å². The van der Waals surface area contributed by atoms with Crippen molar-refractivity contribution in [3.63, 3.8) is 0 Å². The second-order valence-electron chi connectivity index (χ2n) is 26.5. The Labute approximate surface area is 357 Å². The van der Waals surface area contributed by atoms with Gasteiger partial charge in [-0.1, -0.05) is 0 Å². The Morgan fingerprint density at radius 3 is 0.708 bits per heavy atom. The van der Waals surface area contributed by atoms with Gasteiger partial charge >= 0.3 is 0 Å². The Kier molecular flexibility index (Phi) is 1.86. The number of likely N-dealkylation sites (tertiary alicyclic amines) is 1. The molecule has 0 amide bonds. The molecule has 1 heterocycles. The third-order valence-corrected chi connectivity index (χ3v) is 26.0. The minimum absolute atomic E-state index is 0.0689. The second-order valence-corrected chi connectivity index (χ2v) is 26.5. The second kappa shape index (κ2) is 5.10. The Balaban J connectivity index is 1.23. The van der Waals surface area contributed by atoms with Gasteiger partial charge < -0.3 is 4.48 Å². The Hall–Kier alpha value is -7.06. The van der Waals surface area contributed by atoms with Crippen LogP contribution in [-0.4, -0.2) is 31.7 Å². The van der Waals surface area contributed by atoms with Gasteiger partial charge in [0.1, 0.15) is 0 Å². The average molecular weight is 797 g/mol. The first kappa shape index (κ1) is 23.7. The van der Waals surface area contributed by atoms with Gasteiger partial charge in [0.2, 0.25) is 0 Å². The molecule has 33 rings (SSSR count). The van der Waals surface area contributed by atoms with E-state index >= 15 is 0 Å². The van der Waals surface area contributed by atoms with E-state index in [1.807, 2.05) is 66.8 Å². The largest absolute Gasteiger partial charge is 0.326 e. The lowest BCUT2D eigenvalue weighted by Crippen LogP contribution is -2.51. The van der Waals surface area contributed by atoms with E-state index in [1.54, 1.807) is 227 Å². The molecule has 20 aromatic carbocycles. The predicted molar refractivity (Wildman–Crippen MR) is 265 cm³/mol. The van der Waals surface area contributed by atoms with Gasteiger partial charge in [-0.15, -0.1) is 0 Å². The summed E-state index contributed by atoms with van der Waals surface area (Å²) in [6.45, 7) is 2.43. The summed E-state index contributed by atoms with van der Waals surface area (Å²) in [5.41, 5.74) is 25.5. The zero-order valence-corrected chi connectivity index (χ0v) is 34.2. The van der Waals surface area contributed by atoms with Crippen LogP contribution < -0.4 is 0 Å². The van der Waals surface area contributed by atoms with Gasteiger partial charge in [-0.25, -0.2) is 0 Å². The number of hydrogen-bond donors (Lipinski definition) is 0. The lowest BCUT2D eigenvalue weighted by atomic mass is 9.50. The number of likely N-dealkylation sites (N-methyl/N-ethyl adjacent to an activating group) is 1. The highest BCUT2D eigenvalue weighted by Gasteiger charge is 2.77. The highest BCUT2D eigenvalue weighted by Crippen LogP contribution is 2.88. The van der Waals surface area contributed by atoms with Gasteiger partial charge in [-0.3, -0.25) is 0 Å². The molecule has 2 spiro atoms. The van der Waals surface area contributed by atoms with E-state index in [0.29, 0.717) is 23.7 Å². The topological polar surface area (TPSA) is 0 Å². The number of quaternary nitrogens is 1. The molecule has 1 nitrogen and oxygen atoms in total. The van der Waals surface area contributed by atoms with Crippen molar-refractivity contribution in [1.82, 2.24) is 0 Å². The van der Waals surface area contributed by atoms with Gasteiger partial charge in [0.15, 0.2) is 0 Å². The molecule has 6 atom stereocenters. The molecule has 65 heavy (non-hydrogen) atoms. The smallest absolute Gasteiger partial charge is 0.0937 e. The van der Waals surface area contributed by atoms with Crippen LogP contribution in [0.4, 0.5) is 0 Å². The van der Waals surface area contributed by atoms with Crippen LogP contribution in [0.3, 0.4) is 0 Å². The lowest BCUT2D eigenvalue weighted by molar-refractivity contribution is -0.880. The van der Waals surface area contributed by atoms with Crippen LogP contribution in [-0.2, 0) is 10.8 Å². The maximum absolute atomic E-state index is 2.67. The van der Waals surface area contributed by atoms with E-state index in [0.717, 1.165) is 4.48 Å². The van der Waals surface area contributed by atoms with Crippen molar-refractivity contribution >= 4 is 215 Å². The summed E-state index contributed by atoms with van der Waals surface area (Å²) in [6.07, 6.45) is 0. The van der Waals surface area contributed by atoms with Crippen molar-refractivity contribution < 1.29 is 4.48 Å². The first-order chi connectivity index (χ1) is 32.2. The van der Waals surface area contributed by atoms with Gasteiger partial charge in [0.25, 0.3) is 0 Å². The van der Waals surface area contributed by atoms with Crippen molar-refractivity contribution in [3.05, 3.63) is 66.8 Å². The molecule has 20 aromatic rings. The van der Waals surface area contributed by atoms with Crippen molar-refractivity contribution in [2.75, 3.05) is 27.2 Å². The molecule has 13 aliphatic rings. The standard InChI is InChI=1S/C64H14N/c1-65(2)3-63-59-51-43-33-23-15-7-5-6-9-13-11(7)19-27-21(13)31-25-17(9)18-10(6)14-12-8(5)16(15)24-30-20(12)28-22(14)32-26(18)36-35(25)45-39(31)49-41(27)47(37(43)29(19)23)55(59)57(49)61-53(45)54-46(36)40(32)50-42(28)48-38(30)44(34(24)33)52(51)60(63)56(48)58(50)62(54)64(61,63)4-65/h7,11,20,30H,3-4H2,1-2H3/q+1. The minimum atomic E-state index is -0.0724. The summed E-state index contributed by atoms with van der Waals surface area (Å²) < 4.78 is 1.10. The molecule has 0 aromatic heterocycles. The summed E-state index contributed by atoms with van der Waals surface area (Å²) in [6, 6.07) is 0. The molecule has 0 bridgehead atoms. The molecule has 1 heteroatoms. The average Bonchev–Trinajstić information content (AvgIpc) is 4.12. The molecule has 0 radical (unpaired) electrons. The van der Waals surface area contributed by atoms with E-state index in [1.165, 1.54) is 13.1 Å². The first-order valence-electron chi connectivity index (χ1n) is 25.2. The number of hydrogen-bond acceptors (Lipinski definition) is 0. The fourth-order valence-electron chi connectivity index (χ4n) is 26.7. The van der Waals surface area contributed by atoms with E-state index < -0.39 is 0 Å². The Bertz CT molecular complexity index is 6650. The lowest BCUT2D eigenvalue weighted by Gasteiger charge is -2.47. The Morgan fingerprint density at radius 2 is 0.400 bits per heavy atom. The normalized spacial score (nSPS) is 29.8. The van der Waals surface area contributed by atoms with Crippen LogP contribution in [0.1, 0.15) is 90.4 Å². The van der Waals surface area contributed by atoms with Crippen LogP contribution in [0.5, 0.6) is 0 Å². The van der Waals surface area contributed by atoms with Crippen molar-refractivity contribution in [2.24, 2.45) is 0 Å². The predicted octanol–water partition coefficient (Wildman–Crippen LogP) is 14.8. The minimum Gasteiger partial charge on any atom is -0.326 e. The number of rotatable bonds is 0. The zero-order chi connectivity index (χ0) is 38.4. The van der Waals surface area contributed by atoms with Gasteiger partial charge in [-0.2, -0.15) is 0 Å². The number of benzene rings is 14. The molecule has 1 fully saturated rings. The first-order valence-corrected chi connectivity index (χ1v) is 25.2. The van der Waals surface area contributed by atoms with Gasteiger partial charge in [0, 0.05) is 23.7 Å². The molecule has 6 unspecified atom stereocenters. The van der Waals surface area contributed by atoms with Crippen LogP contribution in [0.2, 0.25) is 0 Å². The Morgan fingerprint density at radius 1 is 0.231 bits per heavy atom. The summed E-state index contributed by atoms with van der Waals surface area (Å²) >= 11 is 0. The highest BCUT2D eigenvalue weighted by atomic mass is 15.4. The monoisotopic (exact) mass is 796 g/mol. The SMILES string of the molecule is C[N+]1(C)CC23c4c5c6c7c8c4c4c2c2c9c%10c%11c%12c(c5c5c6c6c%13c%14c%15c%16c%17c%18c%19c%20c%21c%22c%23c%24c%25c(c-%16c(c8c%25c4c%24c2c%22c9c2c%21c4c%19c(c%18%14)c8c%13c5c%12c8c4c%112)C7C%156)C%17C%23%20)C%103C1. The van der Waals surface area contributed by atoms with Crippen LogP contribution in [0.25, 0.3) is 227 Å². The molecule has 0 N–H and O–H groups in total. The molecule has 0 saturated carbocycles. The zero-order valence-electron chi connectivity index (χ0n) is 34.2. The molecule has 274 valence electrons. The third kappa shape index (κ3) is 1.20. The summed E-state index contributed by atoms with van der Waals surface area (Å²) in [5, 5.41) is 70.2. The third-order valence-electron chi connectivity index (χ3n) is 26.0. The number of nitrogens with zero attached hydrogens (tertiary/aromatic N) is 1. The quantitative estimate of drug-likeness (QED) is 0.106. The summed E-state index contributed by atoms with van der Waals surface area (Å²) in [7, 11) is 5.34. The fourth-order valence-corrected chi connectivity index (χ4v) is 26.7. The maximum atomic E-state index is 2.67. The van der Waals surface area contributed by atoms with E-state index in [9.17, 15) is 0 Å². The highest BCUT2D eigenvalue weighted by molar-refractivity contribution is 6.72. The molecular weight excluding hydrogens is 783 g/mol. The van der Waals surface area contributed by atoms with Crippen LogP contribution >= 0.6 is 0 Å². The molecule has 1 aliphatic heterocycles. The van der Waals surface area contributed by atoms with E-state index in [-0.39, 0.29) is 10.8 Å². The maximum Gasteiger partial charge on any atom is 0.0937 e. The molecule has 1 saturated heterocycles. The molecule has 12 aliphatic carbocycles. The fraction of sp³-hybridized carbons (Fsp3) is 0.156. The van der Waals surface area contributed by atoms with Gasteiger partial charge in [0.05, 0.1) is 38.0 Å². The van der Waals surface area contributed by atoms with Crippen molar-refractivity contribution in [3.8, 4) is 11.1 Å². The summed E-state index contributed by atoms with van der Waals surface area (Å²) in [5.74, 6) is 1.78. The molecular formula is C64H14N+. The summed E-state index contributed by atoms with van der Waals surface area (Å²) in [4.78, 5) is 0. The van der Waals surface area contributed by atoms with Crippen molar-refractivity contribution in [2.45, 2.75) is 34.5 Å². The van der Waals surface area contributed by atoms with Gasteiger partial charge in [-0.05, 0) is 293 Å².